The van der Waals surface area contributed by atoms with E-state index in [9.17, 15) is 19.7 Å². The molecule has 0 spiro atoms. The quantitative estimate of drug-likeness (QED) is 0.369. The van der Waals surface area contributed by atoms with Crippen molar-refractivity contribution in [2.45, 2.75) is 0 Å². The zero-order valence-corrected chi connectivity index (χ0v) is 16.2. The van der Waals surface area contributed by atoms with Crippen LogP contribution in [0.4, 0.5) is 11.4 Å². The van der Waals surface area contributed by atoms with Gasteiger partial charge in [-0.15, -0.1) is 0 Å². The third-order valence-corrected chi connectivity index (χ3v) is 4.57. The van der Waals surface area contributed by atoms with Crippen LogP contribution in [0.2, 0.25) is 0 Å². The van der Waals surface area contributed by atoms with Gasteiger partial charge >= 0.3 is 0 Å². The summed E-state index contributed by atoms with van der Waals surface area (Å²) in [5, 5.41) is 13.8. The Labute approximate surface area is 176 Å². The summed E-state index contributed by atoms with van der Waals surface area (Å²) >= 11 is 0. The van der Waals surface area contributed by atoms with Crippen molar-refractivity contribution in [1.82, 2.24) is 9.66 Å². The van der Waals surface area contributed by atoms with Crippen LogP contribution >= 0.6 is 0 Å². The summed E-state index contributed by atoms with van der Waals surface area (Å²) in [5.74, 6) is -0.0413. The SMILES string of the molecule is O=C(CNn1c(-c2ccccc2)nc2ccccc2c1=O)Nc1ccc([N+](=O)[O-])cc1. The molecular formula is C22H17N5O4. The van der Waals surface area contributed by atoms with E-state index in [2.05, 4.69) is 15.7 Å². The molecule has 0 bridgehead atoms. The van der Waals surface area contributed by atoms with Crippen LogP contribution in [0.1, 0.15) is 0 Å². The summed E-state index contributed by atoms with van der Waals surface area (Å²) in [5.41, 5.74) is 4.12. The number of rotatable bonds is 6. The lowest BCUT2D eigenvalue weighted by Crippen LogP contribution is -2.36. The molecule has 0 aliphatic heterocycles. The van der Waals surface area contributed by atoms with Crippen molar-refractivity contribution < 1.29 is 9.72 Å². The Morgan fingerprint density at radius 1 is 0.968 bits per heavy atom. The maximum absolute atomic E-state index is 13.1. The fourth-order valence-corrected chi connectivity index (χ4v) is 3.08. The zero-order chi connectivity index (χ0) is 21.8. The number of non-ortho nitro benzene ring substituents is 1. The molecule has 1 heterocycles. The van der Waals surface area contributed by atoms with Crippen LogP contribution in [0.5, 0.6) is 0 Å². The summed E-state index contributed by atoms with van der Waals surface area (Å²) < 4.78 is 1.26. The number of carbonyl (C=O) groups is 1. The van der Waals surface area contributed by atoms with Crippen LogP contribution in [0.25, 0.3) is 22.3 Å². The number of nitro benzene ring substituents is 1. The second-order valence-corrected chi connectivity index (χ2v) is 6.65. The summed E-state index contributed by atoms with van der Waals surface area (Å²) in [6.45, 7) is -0.212. The first kappa shape index (κ1) is 19.8. The number of fused-ring (bicyclic) bond motifs is 1. The van der Waals surface area contributed by atoms with Crippen molar-refractivity contribution in [2.75, 3.05) is 17.3 Å². The van der Waals surface area contributed by atoms with Gasteiger partial charge in [0, 0.05) is 23.4 Å². The number of nitrogens with zero attached hydrogens (tertiary/aromatic N) is 3. The van der Waals surface area contributed by atoms with E-state index >= 15 is 0 Å². The molecule has 31 heavy (non-hydrogen) atoms. The number of hydrogen-bond donors (Lipinski definition) is 2. The molecule has 154 valence electrons. The molecule has 0 radical (unpaired) electrons. The molecule has 1 amide bonds. The van der Waals surface area contributed by atoms with Crippen molar-refractivity contribution in [2.24, 2.45) is 0 Å². The molecule has 0 saturated heterocycles. The van der Waals surface area contributed by atoms with Gasteiger partial charge in [0.25, 0.3) is 11.2 Å². The van der Waals surface area contributed by atoms with Crippen LogP contribution in [0.3, 0.4) is 0 Å². The predicted molar refractivity (Wildman–Crippen MR) is 117 cm³/mol. The number of aromatic nitrogens is 2. The van der Waals surface area contributed by atoms with Gasteiger partial charge in [0.1, 0.15) is 6.54 Å². The predicted octanol–water partition coefficient (Wildman–Crippen LogP) is 3.15. The average Bonchev–Trinajstić information content (AvgIpc) is 2.79. The van der Waals surface area contributed by atoms with Crippen molar-refractivity contribution in [3.63, 3.8) is 0 Å². The van der Waals surface area contributed by atoms with Gasteiger partial charge in [-0.1, -0.05) is 42.5 Å². The normalized spacial score (nSPS) is 10.6. The van der Waals surface area contributed by atoms with Gasteiger partial charge in [0.05, 0.1) is 15.8 Å². The molecule has 0 fully saturated rings. The lowest BCUT2D eigenvalue weighted by molar-refractivity contribution is -0.384. The fourth-order valence-electron chi connectivity index (χ4n) is 3.08. The first-order chi connectivity index (χ1) is 15.0. The Kier molecular flexibility index (Phi) is 5.39. The molecule has 0 aliphatic rings. The number of amides is 1. The van der Waals surface area contributed by atoms with E-state index in [4.69, 9.17) is 0 Å². The Hall–Kier alpha value is -4.53. The van der Waals surface area contributed by atoms with Crippen LogP contribution in [-0.2, 0) is 4.79 Å². The smallest absolute Gasteiger partial charge is 0.280 e. The van der Waals surface area contributed by atoms with Crippen molar-refractivity contribution in [3.8, 4) is 11.4 Å². The van der Waals surface area contributed by atoms with Gasteiger partial charge in [0.2, 0.25) is 5.91 Å². The minimum absolute atomic E-state index is 0.0718. The third kappa shape index (κ3) is 4.25. The highest BCUT2D eigenvalue weighted by Gasteiger charge is 2.14. The molecule has 0 atom stereocenters. The van der Waals surface area contributed by atoms with E-state index in [0.29, 0.717) is 28.0 Å². The van der Waals surface area contributed by atoms with Crippen molar-refractivity contribution in [3.05, 3.63) is 99.3 Å². The molecule has 4 rings (SSSR count). The molecule has 3 aromatic carbocycles. The standard InChI is InChI=1S/C22H17N5O4/c28-20(24-16-10-12-17(13-11-16)27(30)31)14-23-26-21(15-6-2-1-3-7-15)25-19-9-5-4-8-18(19)22(26)29/h1-13,23H,14H2,(H,24,28). The molecule has 9 heteroatoms. The van der Waals surface area contributed by atoms with Gasteiger partial charge in [-0.3, -0.25) is 19.7 Å². The molecule has 0 aliphatic carbocycles. The number of carbonyl (C=O) groups excluding carboxylic acids is 1. The Balaban J connectivity index is 1.60. The molecule has 9 nitrogen and oxygen atoms in total. The first-order valence-electron chi connectivity index (χ1n) is 9.38. The van der Waals surface area contributed by atoms with Crippen molar-refractivity contribution >= 4 is 28.2 Å². The minimum atomic E-state index is -0.516. The lowest BCUT2D eigenvalue weighted by Gasteiger charge is -2.15. The molecule has 4 aromatic rings. The van der Waals surface area contributed by atoms with Gasteiger partial charge in [-0.25, -0.2) is 9.66 Å². The van der Waals surface area contributed by atoms with Crippen LogP contribution in [0.15, 0.2) is 83.7 Å². The number of nitro groups is 1. The Morgan fingerprint density at radius 2 is 1.65 bits per heavy atom. The number of nitrogens with one attached hydrogen (secondary N) is 2. The highest BCUT2D eigenvalue weighted by molar-refractivity contribution is 5.93. The van der Waals surface area contributed by atoms with E-state index in [1.807, 2.05) is 30.3 Å². The highest BCUT2D eigenvalue weighted by Crippen LogP contribution is 2.18. The van der Waals surface area contributed by atoms with E-state index in [0.717, 1.165) is 0 Å². The van der Waals surface area contributed by atoms with E-state index < -0.39 is 10.8 Å². The molecule has 1 aromatic heterocycles. The van der Waals surface area contributed by atoms with Crippen LogP contribution in [-0.4, -0.2) is 27.0 Å². The summed E-state index contributed by atoms with van der Waals surface area (Å²) in [4.78, 5) is 40.3. The summed E-state index contributed by atoms with van der Waals surface area (Å²) in [7, 11) is 0. The fraction of sp³-hybridized carbons (Fsp3) is 0.0455. The van der Waals surface area contributed by atoms with Crippen LogP contribution in [0, 0.1) is 10.1 Å². The average molecular weight is 415 g/mol. The molecule has 0 unspecified atom stereocenters. The zero-order valence-electron chi connectivity index (χ0n) is 16.2. The van der Waals surface area contributed by atoms with Gasteiger partial charge < -0.3 is 10.7 Å². The minimum Gasteiger partial charge on any atom is -0.324 e. The summed E-state index contributed by atoms with van der Waals surface area (Å²) in [6, 6.07) is 21.6. The van der Waals surface area contributed by atoms with Gasteiger partial charge in [-0.2, -0.15) is 0 Å². The van der Waals surface area contributed by atoms with E-state index in [-0.39, 0.29) is 17.8 Å². The lowest BCUT2D eigenvalue weighted by atomic mass is 10.2. The largest absolute Gasteiger partial charge is 0.324 e. The highest BCUT2D eigenvalue weighted by atomic mass is 16.6. The van der Waals surface area contributed by atoms with Crippen molar-refractivity contribution in [1.29, 1.82) is 0 Å². The maximum atomic E-state index is 13.1. The van der Waals surface area contributed by atoms with Gasteiger partial charge in [-0.05, 0) is 24.3 Å². The topological polar surface area (TPSA) is 119 Å². The second-order valence-electron chi connectivity index (χ2n) is 6.65. The van der Waals surface area contributed by atoms with E-state index in [1.54, 1.807) is 24.3 Å². The Morgan fingerprint density at radius 3 is 2.35 bits per heavy atom. The molecular weight excluding hydrogens is 398 g/mol. The van der Waals surface area contributed by atoms with Gasteiger partial charge in [0.15, 0.2) is 5.82 Å². The number of para-hydroxylation sites is 1. The molecule has 0 saturated carbocycles. The monoisotopic (exact) mass is 415 g/mol. The first-order valence-corrected chi connectivity index (χ1v) is 9.38. The second kappa shape index (κ2) is 8.46. The number of hydrogen-bond acceptors (Lipinski definition) is 6. The number of anilines is 1. The maximum Gasteiger partial charge on any atom is 0.280 e. The third-order valence-electron chi connectivity index (χ3n) is 4.57. The summed E-state index contributed by atoms with van der Waals surface area (Å²) in [6.07, 6.45) is 0. The molecule has 2 N–H and O–H groups in total. The van der Waals surface area contributed by atoms with Crippen LogP contribution < -0.4 is 16.3 Å². The van der Waals surface area contributed by atoms with E-state index in [1.165, 1.54) is 28.9 Å². The Bertz CT molecular complexity index is 1320. The number of benzene rings is 3.